The fourth-order valence-electron chi connectivity index (χ4n) is 1.98. The molecule has 0 spiro atoms. The molecule has 3 nitrogen and oxygen atoms in total. The largest absolute Gasteiger partial charge is 0.336 e. The lowest BCUT2D eigenvalue weighted by Gasteiger charge is -2.19. The number of nitrogens with one attached hydrogen (secondary N) is 1. The van der Waals surface area contributed by atoms with E-state index in [9.17, 15) is 0 Å². The van der Waals surface area contributed by atoms with Crippen molar-refractivity contribution in [1.82, 2.24) is 14.9 Å². The summed E-state index contributed by atoms with van der Waals surface area (Å²) in [5.41, 5.74) is 2.95. The molecule has 0 saturated heterocycles. The Balaban J connectivity index is 1.77. The van der Waals surface area contributed by atoms with Gasteiger partial charge in [0.05, 0.1) is 6.33 Å². The summed E-state index contributed by atoms with van der Waals surface area (Å²) in [5, 5.41) is 3.45. The van der Waals surface area contributed by atoms with Crippen molar-refractivity contribution in [3.05, 3.63) is 54.1 Å². The Kier molecular flexibility index (Phi) is 4.38. The highest BCUT2D eigenvalue weighted by atomic mass is 15.0. The first-order valence-electron chi connectivity index (χ1n) is 6.81. The van der Waals surface area contributed by atoms with Crippen molar-refractivity contribution >= 4 is 0 Å². The van der Waals surface area contributed by atoms with Crippen LogP contribution in [-0.4, -0.2) is 16.1 Å². The third-order valence-electron chi connectivity index (χ3n) is 3.26. The average Bonchev–Trinajstić information content (AvgIpc) is 2.87. The molecule has 0 radical (unpaired) electrons. The first-order valence-corrected chi connectivity index (χ1v) is 6.81. The van der Waals surface area contributed by atoms with Gasteiger partial charge in [-0.05, 0) is 16.5 Å². The molecule has 0 aliphatic carbocycles. The first-order chi connectivity index (χ1) is 9.05. The Hall–Kier alpha value is -1.61. The molecule has 1 N–H and O–H groups in total. The van der Waals surface area contributed by atoms with Gasteiger partial charge in [0.1, 0.15) is 0 Å². The normalized spacial score (nSPS) is 11.7. The maximum Gasteiger partial charge on any atom is 0.0946 e. The predicted octanol–water partition coefficient (Wildman–Crippen LogP) is 2.97. The van der Waals surface area contributed by atoms with E-state index in [1.165, 1.54) is 11.1 Å². The molecule has 1 aromatic carbocycles. The molecule has 0 atom stereocenters. The van der Waals surface area contributed by atoms with Gasteiger partial charge >= 0.3 is 0 Å². The number of aromatic nitrogens is 2. The molecule has 0 amide bonds. The second kappa shape index (κ2) is 6.02. The molecule has 1 aromatic heterocycles. The Morgan fingerprint density at radius 3 is 2.47 bits per heavy atom. The van der Waals surface area contributed by atoms with E-state index >= 15 is 0 Å². The second-order valence-electron chi connectivity index (χ2n) is 5.92. The van der Waals surface area contributed by atoms with E-state index in [0.717, 1.165) is 19.6 Å². The van der Waals surface area contributed by atoms with Gasteiger partial charge in [0, 0.05) is 32.0 Å². The molecular formula is C16H23N3. The third-order valence-corrected chi connectivity index (χ3v) is 3.26. The van der Waals surface area contributed by atoms with E-state index < -0.39 is 0 Å². The molecule has 0 unspecified atom stereocenters. The van der Waals surface area contributed by atoms with Gasteiger partial charge in [-0.25, -0.2) is 4.98 Å². The summed E-state index contributed by atoms with van der Waals surface area (Å²) in [5.74, 6) is 0. The molecule has 2 aromatic rings. The fraction of sp³-hybridized carbons (Fsp3) is 0.438. The second-order valence-corrected chi connectivity index (χ2v) is 5.92. The summed E-state index contributed by atoms with van der Waals surface area (Å²) < 4.78 is 2.08. The molecule has 2 rings (SSSR count). The maximum absolute atomic E-state index is 4.03. The quantitative estimate of drug-likeness (QED) is 0.835. The Bertz CT molecular complexity index is 478. The van der Waals surface area contributed by atoms with Crippen LogP contribution < -0.4 is 5.32 Å². The molecule has 19 heavy (non-hydrogen) atoms. The number of hydrogen-bond donors (Lipinski definition) is 1. The summed E-state index contributed by atoms with van der Waals surface area (Å²) >= 11 is 0. The third kappa shape index (κ3) is 4.21. The van der Waals surface area contributed by atoms with E-state index in [2.05, 4.69) is 59.9 Å². The van der Waals surface area contributed by atoms with Crippen molar-refractivity contribution in [1.29, 1.82) is 0 Å². The maximum atomic E-state index is 4.03. The minimum Gasteiger partial charge on any atom is -0.336 e. The van der Waals surface area contributed by atoms with Crippen LogP contribution in [0.4, 0.5) is 0 Å². The van der Waals surface area contributed by atoms with Gasteiger partial charge in [0.2, 0.25) is 0 Å². The van der Waals surface area contributed by atoms with E-state index in [1.54, 1.807) is 0 Å². The minimum atomic E-state index is 0.230. The number of benzene rings is 1. The van der Waals surface area contributed by atoms with Gasteiger partial charge in [-0.15, -0.1) is 0 Å². The number of nitrogens with zero attached hydrogens (tertiary/aromatic N) is 2. The monoisotopic (exact) mass is 257 g/mol. The van der Waals surface area contributed by atoms with E-state index in [-0.39, 0.29) is 5.41 Å². The zero-order valence-electron chi connectivity index (χ0n) is 12.1. The predicted molar refractivity (Wildman–Crippen MR) is 79.1 cm³/mol. The van der Waals surface area contributed by atoms with Gasteiger partial charge < -0.3 is 9.88 Å². The van der Waals surface area contributed by atoms with Crippen LogP contribution in [0.2, 0.25) is 0 Å². The summed E-state index contributed by atoms with van der Waals surface area (Å²) in [6.07, 6.45) is 5.64. The van der Waals surface area contributed by atoms with Gasteiger partial charge in [-0.1, -0.05) is 45.0 Å². The zero-order chi connectivity index (χ0) is 13.7. The van der Waals surface area contributed by atoms with Crippen LogP contribution in [0.3, 0.4) is 0 Å². The van der Waals surface area contributed by atoms with Crippen LogP contribution >= 0.6 is 0 Å². The molecule has 0 saturated carbocycles. The van der Waals surface area contributed by atoms with Crippen molar-refractivity contribution in [2.24, 2.45) is 0 Å². The van der Waals surface area contributed by atoms with Crippen molar-refractivity contribution in [3.63, 3.8) is 0 Å². The summed E-state index contributed by atoms with van der Waals surface area (Å²) in [4.78, 5) is 4.03. The lowest BCUT2D eigenvalue weighted by molar-refractivity contribution is 0.586. The highest BCUT2D eigenvalue weighted by Gasteiger charge is 2.12. The van der Waals surface area contributed by atoms with Crippen molar-refractivity contribution < 1.29 is 0 Å². The SMILES string of the molecule is CC(C)(C)c1ccc(CNCCn2ccnc2)cc1. The number of hydrogen-bond acceptors (Lipinski definition) is 2. The van der Waals surface area contributed by atoms with Crippen LogP contribution in [0.1, 0.15) is 31.9 Å². The highest BCUT2D eigenvalue weighted by molar-refractivity contribution is 5.27. The van der Waals surface area contributed by atoms with Gasteiger partial charge in [-0.2, -0.15) is 0 Å². The number of rotatable bonds is 5. The molecule has 1 heterocycles. The lowest BCUT2D eigenvalue weighted by Crippen LogP contribution is -2.19. The summed E-state index contributed by atoms with van der Waals surface area (Å²) in [6, 6.07) is 8.88. The van der Waals surface area contributed by atoms with Crippen LogP contribution in [0.5, 0.6) is 0 Å². The van der Waals surface area contributed by atoms with Crippen LogP contribution in [-0.2, 0) is 18.5 Å². The molecular weight excluding hydrogens is 234 g/mol. The molecule has 0 aliphatic heterocycles. The standard InChI is InChI=1S/C16H23N3/c1-16(2,3)15-6-4-14(5-7-15)12-17-8-10-19-11-9-18-13-19/h4-7,9,11,13,17H,8,10,12H2,1-3H3. The van der Waals surface area contributed by atoms with Crippen LogP contribution in [0, 0.1) is 0 Å². The van der Waals surface area contributed by atoms with Crippen LogP contribution in [0.15, 0.2) is 43.0 Å². The molecule has 0 fully saturated rings. The topological polar surface area (TPSA) is 29.9 Å². The minimum absolute atomic E-state index is 0.230. The highest BCUT2D eigenvalue weighted by Crippen LogP contribution is 2.22. The Labute approximate surface area is 115 Å². The fourth-order valence-corrected chi connectivity index (χ4v) is 1.98. The Morgan fingerprint density at radius 1 is 1.16 bits per heavy atom. The van der Waals surface area contributed by atoms with Gasteiger partial charge in [0.25, 0.3) is 0 Å². The summed E-state index contributed by atoms with van der Waals surface area (Å²) in [6.45, 7) is 9.55. The molecule has 0 aliphatic rings. The average molecular weight is 257 g/mol. The molecule has 0 bridgehead atoms. The zero-order valence-corrected chi connectivity index (χ0v) is 12.1. The summed E-state index contributed by atoms with van der Waals surface area (Å²) in [7, 11) is 0. The first kappa shape index (κ1) is 13.8. The lowest BCUT2D eigenvalue weighted by atomic mass is 9.87. The van der Waals surface area contributed by atoms with Gasteiger partial charge in [-0.3, -0.25) is 0 Å². The van der Waals surface area contributed by atoms with Crippen molar-refractivity contribution in [2.45, 2.75) is 39.3 Å². The Morgan fingerprint density at radius 2 is 1.89 bits per heavy atom. The van der Waals surface area contributed by atoms with Crippen molar-refractivity contribution in [3.8, 4) is 0 Å². The van der Waals surface area contributed by atoms with E-state index in [4.69, 9.17) is 0 Å². The number of imidazole rings is 1. The van der Waals surface area contributed by atoms with Gasteiger partial charge in [0.15, 0.2) is 0 Å². The van der Waals surface area contributed by atoms with Crippen LogP contribution in [0.25, 0.3) is 0 Å². The van der Waals surface area contributed by atoms with E-state index in [0.29, 0.717) is 0 Å². The molecule has 3 heteroatoms. The smallest absolute Gasteiger partial charge is 0.0946 e. The van der Waals surface area contributed by atoms with Crippen molar-refractivity contribution in [2.75, 3.05) is 6.54 Å². The van der Waals surface area contributed by atoms with E-state index in [1.807, 2.05) is 18.7 Å². The molecule has 102 valence electrons.